The van der Waals surface area contributed by atoms with Crippen LogP contribution in [0.25, 0.3) is 0 Å². The molecule has 4 heteroatoms. The van der Waals surface area contributed by atoms with Gasteiger partial charge in [-0.25, -0.2) is 4.98 Å². The molecule has 0 N–H and O–H groups in total. The number of ether oxygens (including phenoxy) is 1. The highest BCUT2D eigenvalue weighted by Gasteiger charge is 2.21. The van der Waals surface area contributed by atoms with Crippen molar-refractivity contribution in [2.24, 2.45) is 5.92 Å². The number of rotatable bonds is 4. The lowest BCUT2D eigenvalue weighted by Crippen LogP contribution is -2.38. The number of piperidine rings is 1. The largest absolute Gasteiger partial charge is 0.384 e. The molecule has 100 valence electrons. The van der Waals surface area contributed by atoms with Gasteiger partial charge in [0.1, 0.15) is 5.82 Å². The van der Waals surface area contributed by atoms with E-state index in [-0.39, 0.29) is 0 Å². The Morgan fingerprint density at radius 2 is 2.39 bits per heavy atom. The van der Waals surface area contributed by atoms with Crippen LogP contribution in [0.4, 0.5) is 5.82 Å². The van der Waals surface area contributed by atoms with Crippen molar-refractivity contribution in [2.45, 2.75) is 25.1 Å². The third kappa shape index (κ3) is 3.23. The first kappa shape index (κ1) is 13.8. The third-order valence-corrected chi connectivity index (χ3v) is 4.13. The van der Waals surface area contributed by atoms with Crippen molar-refractivity contribution in [1.29, 1.82) is 0 Å². The maximum absolute atomic E-state index is 5.28. The monoisotopic (exact) mass is 312 g/mol. The zero-order chi connectivity index (χ0) is 13.0. The van der Waals surface area contributed by atoms with Crippen LogP contribution in [0.2, 0.25) is 0 Å². The predicted molar refractivity (Wildman–Crippen MR) is 78.4 cm³/mol. The van der Waals surface area contributed by atoms with Crippen molar-refractivity contribution >= 4 is 21.7 Å². The smallest absolute Gasteiger partial charge is 0.131 e. The number of aryl methyl sites for hydroxylation is 1. The van der Waals surface area contributed by atoms with Crippen LogP contribution in [-0.2, 0) is 10.1 Å². The fourth-order valence-corrected chi connectivity index (χ4v) is 2.97. The molecular weight excluding hydrogens is 292 g/mol. The number of halogens is 1. The molecule has 0 spiro atoms. The Hall–Kier alpha value is -0.610. The van der Waals surface area contributed by atoms with Gasteiger partial charge in [-0.2, -0.15) is 0 Å². The molecule has 1 aliphatic rings. The van der Waals surface area contributed by atoms with Gasteiger partial charge in [-0.15, -0.1) is 0 Å². The third-order valence-electron chi connectivity index (χ3n) is 3.48. The van der Waals surface area contributed by atoms with E-state index in [2.05, 4.69) is 38.8 Å². The number of pyridine rings is 1. The first-order chi connectivity index (χ1) is 8.74. The maximum atomic E-state index is 5.28. The molecule has 0 aliphatic carbocycles. The van der Waals surface area contributed by atoms with Crippen LogP contribution in [-0.4, -0.2) is 31.8 Å². The van der Waals surface area contributed by atoms with Crippen LogP contribution in [0, 0.1) is 12.8 Å². The minimum Gasteiger partial charge on any atom is -0.384 e. The molecule has 1 saturated heterocycles. The second-order valence-electron chi connectivity index (χ2n) is 5.03. The van der Waals surface area contributed by atoms with Gasteiger partial charge in [0.25, 0.3) is 0 Å². The average molecular weight is 313 g/mol. The van der Waals surface area contributed by atoms with E-state index < -0.39 is 0 Å². The maximum Gasteiger partial charge on any atom is 0.131 e. The Balaban J connectivity index is 2.10. The van der Waals surface area contributed by atoms with E-state index in [1.165, 1.54) is 24.0 Å². The number of hydrogen-bond donors (Lipinski definition) is 0. The lowest BCUT2D eigenvalue weighted by atomic mass is 9.98. The van der Waals surface area contributed by atoms with Gasteiger partial charge < -0.3 is 9.64 Å². The van der Waals surface area contributed by atoms with Crippen molar-refractivity contribution in [2.75, 3.05) is 31.7 Å². The van der Waals surface area contributed by atoms with Crippen LogP contribution in [0.3, 0.4) is 0 Å². The normalized spacial score (nSPS) is 20.2. The molecule has 0 amide bonds. The summed E-state index contributed by atoms with van der Waals surface area (Å²) in [6.45, 7) is 5.18. The summed E-state index contributed by atoms with van der Waals surface area (Å²) >= 11 is 3.47. The van der Waals surface area contributed by atoms with E-state index >= 15 is 0 Å². The molecule has 0 bridgehead atoms. The molecule has 1 atom stereocenters. The number of anilines is 1. The molecule has 0 saturated carbocycles. The highest BCUT2D eigenvalue weighted by molar-refractivity contribution is 9.08. The minimum absolute atomic E-state index is 0.640. The van der Waals surface area contributed by atoms with Gasteiger partial charge >= 0.3 is 0 Å². The van der Waals surface area contributed by atoms with Gasteiger partial charge in [-0.1, -0.05) is 22.0 Å². The van der Waals surface area contributed by atoms with E-state index in [9.17, 15) is 0 Å². The molecule has 1 fully saturated rings. The van der Waals surface area contributed by atoms with Gasteiger partial charge in [-0.05, 0) is 36.8 Å². The van der Waals surface area contributed by atoms with Gasteiger partial charge in [-0.3, -0.25) is 0 Å². The van der Waals surface area contributed by atoms with Crippen LogP contribution < -0.4 is 4.90 Å². The lowest BCUT2D eigenvalue weighted by molar-refractivity contribution is 0.143. The fraction of sp³-hybridized carbons (Fsp3) is 0.643. The molecular formula is C14H21BrN2O. The van der Waals surface area contributed by atoms with Crippen LogP contribution in [0.15, 0.2) is 12.3 Å². The summed E-state index contributed by atoms with van der Waals surface area (Å²) in [6, 6.07) is 2.22. The first-order valence-corrected chi connectivity index (χ1v) is 7.62. The zero-order valence-corrected chi connectivity index (χ0v) is 12.7. The quantitative estimate of drug-likeness (QED) is 0.799. The summed E-state index contributed by atoms with van der Waals surface area (Å²) in [4.78, 5) is 7.03. The minimum atomic E-state index is 0.640. The average Bonchev–Trinajstić information content (AvgIpc) is 2.39. The van der Waals surface area contributed by atoms with Crippen molar-refractivity contribution in [3.05, 3.63) is 23.4 Å². The summed E-state index contributed by atoms with van der Waals surface area (Å²) in [5.41, 5.74) is 2.51. The molecule has 1 unspecified atom stereocenters. The zero-order valence-electron chi connectivity index (χ0n) is 11.2. The van der Waals surface area contributed by atoms with E-state index in [0.717, 1.165) is 30.8 Å². The molecule has 1 aromatic heterocycles. The molecule has 2 rings (SSSR count). The van der Waals surface area contributed by atoms with Gasteiger partial charge in [0.15, 0.2) is 0 Å². The van der Waals surface area contributed by atoms with Gasteiger partial charge in [0.05, 0.1) is 6.61 Å². The number of alkyl halides is 1. The Morgan fingerprint density at radius 3 is 3.06 bits per heavy atom. The Morgan fingerprint density at radius 1 is 1.56 bits per heavy atom. The standard InChI is InChI=1S/C14H21BrN2O/c1-11-6-13(7-15)8-16-14(11)17-5-3-4-12(9-17)10-18-2/h6,8,12H,3-5,7,9-10H2,1-2H3. The lowest BCUT2D eigenvalue weighted by Gasteiger charge is -2.34. The van der Waals surface area contributed by atoms with Crippen molar-refractivity contribution in [3.63, 3.8) is 0 Å². The molecule has 0 aromatic carbocycles. The SMILES string of the molecule is COCC1CCCN(c2ncc(CBr)cc2C)C1. The summed E-state index contributed by atoms with van der Waals surface area (Å²) in [7, 11) is 1.78. The molecule has 3 nitrogen and oxygen atoms in total. The summed E-state index contributed by atoms with van der Waals surface area (Å²) in [5.74, 6) is 1.78. The van der Waals surface area contributed by atoms with E-state index in [1.54, 1.807) is 7.11 Å². The molecule has 1 aromatic rings. The summed E-state index contributed by atoms with van der Waals surface area (Å²) < 4.78 is 5.28. The molecule has 1 aliphatic heterocycles. The highest BCUT2D eigenvalue weighted by atomic mass is 79.9. The number of nitrogens with zero attached hydrogens (tertiary/aromatic N) is 2. The number of hydrogen-bond acceptors (Lipinski definition) is 3. The second-order valence-corrected chi connectivity index (χ2v) is 5.59. The predicted octanol–water partition coefficient (Wildman–Crippen LogP) is 3.15. The second kappa shape index (κ2) is 6.53. The fourth-order valence-electron chi connectivity index (χ4n) is 2.66. The van der Waals surface area contributed by atoms with Crippen molar-refractivity contribution in [1.82, 2.24) is 4.98 Å². The van der Waals surface area contributed by atoms with E-state index in [1.807, 2.05) is 6.20 Å². The number of methoxy groups -OCH3 is 1. The topological polar surface area (TPSA) is 25.4 Å². The Labute approximate surface area is 118 Å². The Kier molecular flexibility index (Phi) is 5.01. The highest BCUT2D eigenvalue weighted by Crippen LogP contribution is 2.25. The van der Waals surface area contributed by atoms with Crippen LogP contribution in [0.1, 0.15) is 24.0 Å². The molecule has 18 heavy (non-hydrogen) atoms. The van der Waals surface area contributed by atoms with Crippen LogP contribution in [0.5, 0.6) is 0 Å². The van der Waals surface area contributed by atoms with Gasteiger partial charge in [0, 0.05) is 31.7 Å². The first-order valence-electron chi connectivity index (χ1n) is 6.50. The number of aromatic nitrogens is 1. The molecule has 0 radical (unpaired) electrons. The van der Waals surface area contributed by atoms with Crippen molar-refractivity contribution in [3.8, 4) is 0 Å². The Bertz CT molecular complexity index is 395. The summed E-state index contributed by atoms with van der Waals surface area (Å²) in [6.07, 6.45) is 4.47. The van der Waals surface area contributed by atoms with Crippen molar-refractivity contribution < 1.29 is 4.74 Å². The van der Waals surface area contributed by atoms with E-state index in [0.29, 0.717) is 5.92 Å². The van der Waals surface area contributed by atoms with Gasteiger partial charge in [0.2, 0.25) is 0 Å². The summed E-state index contributed by atoms with van der Waals surface area (Å²) in [5, 5.41) is 0.868. The van der Waals surface area contributed by atoms with E-state index in [4.69, 9.17) is 4.74 Å². The molecule has 2 heterocycles. The van der Waals surface area contributed by atoms with Crippen LogP contribution >= 0.6 is 15.9 Å².